The van der Waals surface area contributed by atoms with Gasteiger partial charge in [0, 0.05) is 25.1 Å². The summed E-state index contributed by atoms with van der Waals surface area (Å²) in [6.45, 7) is 7.08. The zero-order valence-corrected chi connectivity index (χ0v) is 22.4. The molecule has 1 saturated heterocycles. The number of hydrogen-bond acceptors (Lipinski definition) is 5. The summed E-state index contributed by atoms with van der Waals surface area (Å²) < 4.78 is 29.6. The minimum absolute atomic E-state index is 0.310. The van der Waals surface area contributed by atoms with Gasteiger partial charge in [-0.25, -0.2) is 14.2 Å². The summed E-state index contributed by atoms with van der Waals surface area (Å²) in [6, 6.07) is 11.1. The molecular formula is C31H34FN3O4. The van der Waals surface area contributed by atoms with Crippen molar-refractivity contribution < 1.29 is 23.8 Å². The first-order valence-corrected chi connectivity index (χ1v) is 13.7. The minimum atomic E-state index is -1.21. The van der Waals surface area contributed by atoms with Crippen molar-refractivity contribution in [3.63, 3.8) is 0 Å². The molecule has 1 N–H and O–H groups in total. The van der Waals surface area contributed by atoms with E-state index in [1.165, 1.54) is 25.0 Å². The number of aliphatic carboxylic acids is 1. The molecule has 2 aromatic carbocycles. The third-order valence-corrected chi connectivity index (χ3v) is 8.12. The first-order chi connectivity index (χ1) is 18.8. The highest BCUT2D eigenvalue weighted by Gasteiger charge is 2.42. The Morgan fingerprint density at radius 1 is 1.18 bits per heavy atom. The van der Waals surface area contributed by atoms with Crippen LogP contribution in [0.5, 0.6) is 11.5 Å². The number of para-hydroxylation sites is 1. The van der Waals surface area contributed by atoms with Gasteiger partial charge in [0.25, 0.3) is 5.79 Å². The number of hydrogen-bond donors (Lipinski definition) is 1. The summed E-state index contributed by atoms with van der Waals surface area (Å²) in [5.74, 6) is 0.828. The van der Waals surface area contributed by atoms with Crippen LogP contribution in [0.2, 0.25) is 0 Å². The standard InChI is InChI=1S/C31H34FN3O4/c1-20-6-10-25(26(32)16-20)31(2)38-27-5-3-4-24(30(27)39-31)22-12-14-34(15-13-22)19-28-33-17-23(9-11-29(36)37)35(28)18-21-7-8-21/h3-6,9-11,16-17,21-22H,7-8,12-15,18-19H2,1-2H3,(H,36,37)/b11-9+. The quantitative estimate of drug-likeness (QED) is 0.367. The Kier molecular flexibility index (Phi) is 6.67. The predicted octanol–water partition coefficient (Wildman–Crippen LogP) is 5.86. The van der Waals surface area contributed by atoms with E-state index < -0.39 is 11.8 Å². The number of fused-ring (bicyclic) bond motifs is 1. The van der Waals surface area contributed by atoms with Gasteiger partial charge in [-0.15, -0.1) is 0 Å². The maximum Gasteiger partial charge on any atom is 0.328 e. The minimum Gasteiger partial charge on any atom is -0.478 e. The van der Waals surface area contributed by atoms with Gasteiger partial charge in [-0.2, -0.15) is 0 Å². The Balaban J connectivity index is 1.14. The summed E-state index contributed by atoms with van der Waals surface area (Å²) in [5.41, 5.74) is 3.20. The van der Waals surface area contributed by atoms with Gasteiger partial charge < -0.3 is 19.1 Å². The summed E-state index contributed by atoms with van der Waals surface area (Å²) in [5, 5.41) is 9.06. The molecule has 1 unspecified atom stereocenters. The highest BCUT2D eigenvalue weighted by Crippen LogP contribution is 2.49. The maximum absolute atomic E-state index is 14.8. The van der Waals surface area contributed by atoms with Gasteiger partial charge in [-0.05, 0) is 87.4 Å². The first kappa shape index (κ1) is 25.6. The van der Waals surface area contributed by atoms with E-state index in [-0.39, 0.29) is 5.82 Å². The van der Waals surface area contributed by atoms with E-state index in [1.54, 1.807) is 25.3 Å². The van der Waals surface area contributed by atoms with Crippen molar-refractivity contribution in [3.05, 3.63) is 82.7 Å². The van der Waals surface area contributed by atoms with Crippen LogP contribution in [0.3, 0.4) is 0 Å². The fourth-order valence-electron chi connectivity index (χ4n) is 5.78. The lowest BCUT2D eigenvalue weighted by atomic mass is 9.88. The summed E-state index contributed by atoms with van der Waals surface area (Å²) >= 11 is 0. The van der Waals surface area contributed by atoms with Gasteiger partial charge >= 0.3 is 5.97 Å². The molecule has 2 fully saturated rings. The van der Waals surface area contributed by atoms with Crippen molar-refractivity contribution >= 4 is 12.0 Å². The molecule has 0 spiro atoms. The van der Waals surface area contributed by atoms with Crippen molar-refractivity contribution in [1.29, 1.82) is 0 Å². The first-order valence-electron chi connectivity index (χ1n) is 13.7. The molecule has 8 heteroatoms. The molecule has 3 aliphatic rings. The second-order valence-electron chi connectivity index (χ2n) is 11.2. The smallest absolute Gasteiger partial charge is 0.328 e. The van der Waals surface area contributed by atoms with Gasteiger partial charge in [-0.3, -0.25) is 4.90 Å². The molecule has 0 bridgehead atoms. The Labute approximate surface area is 227 Å². The highest BCUT2D eigenvalue weighted by atomic mass is 19.1. The molecular weight excluding hydrogens is 497 g/mol. The monoisotopic (exact) mass is 531 g/mol. The van der Waals surface area contributed by atoms with Crippen molar-refractivity contribution in [2.75, 3.05) is 13.1 Å². The topological polar surface area (TPSA) is 76.8 Å². The molecule has 1 saturated carbocycles. The number of ether oxygens (including phenoxy) is 2. The number of carboxylic acids is 1. The SMILES string of the molecule is Cc1ccc(C2(C)Oc3cccc(C4CCN(Cc5ncc(/C=C/C(=O)O)n5CC5CC5)CC4)c3O2)c(F)c1. The van der Waals surface area contributed by atoms with Gasteiger partial charge in [0.15, 0.2) is 11.5 Å². The summed E-state index contributed by atoms with van der Waals surface area (Å²) in [7, 11) is 0. The number of piperidine rings is 1. The molecule has 39 heavy (non-hydrogen) atoms. The third-order valence-electron chi connectivity index (χ3n) is 8.12. The Hall–Kier alpha value is -3.65. The van der Waals surface area contributed by atoms with Crippen LogP contribution in [-0.4, -0.2) is 38.6 Å². The average molecular weight is 532 g/mol. The molecule has 2 aliphatic heterocycles. The Bertz CT molecular complexity index is 1420. The fraction of sp³-hybridized carbons (Fsp3) is 0.419. The number of nitrogens with zero attached hydrogens (tertiary/aromatic N) is 3. The Morgan fingerprint density at radius 3 is 2.69 bits per heavy atom. The summed E-state index contributed by atoms with van der Waals surface area (Å²) in [6.07, 6.45) is 8.96. The molecule has 1 aromatic heterocycles. The van der Waals surface area contributed by atoms with E-state index in [0.717, 1.165) is 61.7 Å². The molecule has 1 atom stereocenters. The lowest BCUT2D eigenvalue weighted by Gasteiger charge is -2.32. The van der Waals surface area contributed by atoms with E-state index in [4.69, 9.17) is 14.6 Å². The zero-order valence-electron chi connectivity index (χ0n) is 22.4. The lowest BCUT2D eigenvalue weighted by Crippen LogP contribution is -2.34. The van der Waals surface area contributed by atoms with Crippen molar-refractivity contribution in [2.45, 2.75) is 64.3 Å². The number of rotatable bonds is 8. The van der Waals surface area contributed by atoms with Gasteiger partial charge in [0.2, 0.25) is 0 Å². The van der Waals surface area contributed by atoms with Crippen molar-refractivity contribution in [2.24, 2.45) is 5.92 Å². The lowest BCUT2D eigenvalue weighted by molar-refractivity contribution is -0.131. The second kappa shape index (κ2) is 10.2. The van der Waals surface area contributed by atoms with Crippen LogP contribution in [0.25, 0.3) is 6.08 Å². The van der Waals surface area contributed by atoms with Crippen molar-refractivity contribution in [3.8, 4) is 11.5 Å². The number of aromatic nitrogens is 2. The van der Waals surface area contributed by atoms with E-state index in [0.29, 0.717) is 28.9 Å². The molecule has 3 aromatic rings. The predicted molar refractivity (Wildman–Crippen MR) is 145 cm³/mol. The average Bonchev–Trinajstić information content (AvgIpc) is 3.54. The largest absolute Gasteiger partial charge is 0.478 e. The number of carbonyl (C=O) groups is 1. The molecule has 7 nitrogen and oxygen atoms in total. The van der Waals surface area contributed by atoms with Crippen molar-refractivity contribution in [1.82, 2.24) is 14.5 Å². The molecule has 0 amide bonds. The van der Waals surface area contributed by atoms with Crippen LogP contribution in [0.15, 0.2) is 48.7 Å². The number of benzene rings is 2. The van der Waals surface area contributed by atoms with Crippen LogP contribution >= 0.6 is 0 Å². The number of carboxylic acid groups (broad SMARTS) is 1. The molecule has 0 radical (unpaired) electrons. The van der Waals surface area contributed by atoms with E-state index >= 15 is 0 Å². The fourth-order valence-corrected chi connectivity index (χ4v) is 5.78. The van der Waals surface area contributed by atoms with Crippen LogP contribution in [0.4, 0.5) is 4.39 Å². The van der Waals surface area contributed by atoms with E-state index in [2.05, 4.69) is 20.5 Å². The van der Waals surface area contributed by atoms with Gasteiger partial charge in [-0.1, -0.05) is 18.2 Å². The molecule has 6 rings (SSSR count). The van der Waals surface area contributed by atoms with Crippen LogP contribution < -0.4 is 9.47 Å². The third kappa shape index (κ3) is 5.30. The van der Waals surface area contributed by atoms with Gasteiger partial charge in [0.1, 0.15) is 11.6 Å². The van der Waals surface area contributed by atoms with E-state index in [1.807, 2.05) is 25.1 Å². The number of halogens is 1. The van der Waals surface area contributed by atoms with E-state index in [9.17, 15) is 9.18 Å². The number of imidazole rings is 1. The summed E-state index contributed by atoms with van der Waals surface area (Å²) in [4.78, 5) is 18.1. The van der Waals surface area contributed by atoms with Crippen LogP contribution in [0.1, 0.15) is 66.7 Å². The maximum atomic E-state index is 14.8. The van der Waals surface area contributed by atoms with Gasteiger partial charge in [0.05, 0.1) is 24.0 Å². The highest BCUT2D eigenvalue weighted by molar-refractivity contribution is 5.84. The zero-order chi connectivity index (χ0) is 27.1. The number of aryl methyl sites for hydroxylation is 1. The molecule has 3 heterocycles. The Morgan fingerprint density at radius 2 is 1.97 bits per heavy atom. The normalized spacial score (nSPS) is 21.6. The second-order valence-corrected chi connectivity index (χ2v) is 11.2. The van der Waals surface area contributed by atoms with Crippen LogP contribution in [0, 0.1) is 18.7 Å². The molecule has 204 valence electrons. The molecule has 1 aliphatic carbocycles. The number of likely N-dealkylation sites (tertiary alicyclic amines) is 1. The van der Waals surface area contributed by atoms with Crippen LogP contribution in [-0.2, 0) is 23.7 Å².